The second-order valence-corrected chi connectivity index (χ2v) is 5.26. The molecule has 0 saturated carbocycles. The van der Waals surface area contributed by atoms with Crippen LogP contribution in [0, 0.1) is 0 Å². The smallest absolute Gasteiger partial charge is 0.255 e. The van der Waals surface area contributed by atoms with Crippen molar-refractivity contribution < 1.29 is 9.53 Å². The van der Waals surface area contributed by atoms with Crippen LogP contribution in [-0.2, 0) is 13.6 Å². The number of amides is 1. The molecule has 1 amide bonds. The molecule has 0 atom stereocenters. The second kappa shape index (κ2) is 6.95. The van der Waals surface area contributed by atoms with E-state index in [-0.39, 0.29) is 5.91 Å². The molecule has 1 aromatic carbocycles. The van der Waals surface area contributed by atoms with Crippen LogP contribution >= 0.6 is 0 Å². The van der Waals surface area contributed by atoms with Gasteiger partial charge in [-0.2, -0.15) is 5.10 Å². The molecule has 2 heterocycles. The van der Waals surface area contributed by atoms with Crippen molar-refractivity contribution in [3.8, 4) is 17.0 Å². The maximum absolute atomic E-state index is 12.3. The molecular weight excluding hydrogens is 304 g/mol. The zero-order chi connectivity index (χ0) is 16.9. The Labute approximate surface area is 140 Å². The first-order valence-electron chi connectivity index (χ1n) is 7.53. The lowest BCUT2D eigenvalue weighted by molar-refractivity contribution is 0.0947. The standard InChI is InChI=1S/C18H18N4O2/c1-22-16(13-7-9-19-10-8-13)11-14(21-22)12-20-18(23)15-5-3-4-6-17(15)24-2/h3-11H,12H2,1-2H3,(H,20,23). The summed E-state index contributed by atoms with van der Waals surface area (Å²) in [6.45, 7) is 0.343. The number of carbonyl (C=O) groups is 1. The van der Waals surface area contributed by atoms with Gasteiger partial charge in [-0.15, -0.1) is 0 Å². The Morgan fingerprint density at radius 1 is 1.21 bits per heavy atom. The van der Waals surface area contributed by atoms with Crippen LogP contribution in [0.15, 0.2) is 54.9 Å². The molecule has 0 aliphatic heterocycles. The van der Waals surface area contributed by atoms with Crippen molar-refractivity contribution in [2.45, 2.75) is 6.54 Å². The molecule has 24 heavy (non-hydrogen) atoms. The first-order valence-corrected chi connectivity index (χ1v) is 7.53. The van der Waals surface area contributed by atoms with E-state index in [1.54, 1.807) is 42.4 Å². The van der Waals surface area contributed by atoms with E-state index in [2.05, 4.69) is 15.4 Å². The lowest BCUT2D eigenvalue weighted by atomic mass is 10.1. The van der Waals surface area contributed by atoms with Crippen LogP contribution in [0.4, 0.5) is 0 Å². The number of pyridine rings is 1. The number of aryl methyl sites for hydroxylation is 1. The number of nitrogens with zero attached hydrogens (tertiary/aromatic N) is 3. The fraction of sp³-hybridized carbons (Fsp3) is 0.167. The van der Waals surface area contributed by atoms with E-state index in [9.17, 15) is 4.79 Å². The fourth-order valence-corrected chi connectivity index (χ4v) is 2.50. The third-order valence-corrected chi connectivity index (χ3v) is 3.69. The summed E-state index contributed by atoms with van der Waals surface area (Å²) in [7, 11) is 3.42. The Morgan fingerprint density at radius 3 is 2.71 bits per heavy atom. The highest BCUT2D eigenvalue weighted by atomic mass is 16.5. The summed E-state index contributed by atoms with van der Waals surface area (Å²) >= 11 is 0. The van der Waals surface area contributed by atoms with Gasteiger partial charge in [0.25, 0.3) is 5.91 Å². The van der Waals surface area contributed by atoms with Gasteiger partial charge in [0.05, 0.1) is 30.6 Å². The van der Waals surface area contributed by atoms with Crippen LogP contribution in [0.5, 0.6) is 5.75 Å². The number of rotatable bonds is 5. The molecule has 6 heteroatoms. The summed E-state index contributed by atoms with van der Waals surface area (Å²) in [5.41, 5.74) is 3.29. The first kappa shape index (κ1) is 15.7. The molecular formula is C18H18N4O2. The zero-order valence-electron chi connectivity index (χ0n) is 13.6. The Kier molecular flexibility index (Phi) is 4.56. The number of hydrogen-bond donors (Lipinski definition) is 1. The number of ether oxygens (including phenoxy) is 1. The number of hydrogen-bond acceptors (Lipinski definition) is 4. The largest absolute Gasteiger partial charge is 0.496 e. The van der Waals surface area contributed by atoms with Crippen molar-refractivity contribution in [3.63, 3.8) is 0 Å². The Morgan fingerprint density at radius 2 is 1.96 bits per heavy atom. The van der Waals surface area contributed by atoms with Gasteiger partial charge in [-0.25, -0.2) is 0 Å². The summed E-state index contributed by atoms with van der Waals surface area (Å²) in [4.78, 5) is 16.3. The number of nitrogens with one attached hydrogen (secondary N) is 1. The predicted octanol–water partition coefficient (Wildman–Crippen LogP) is 2.42. The number of methoxy groups -OCH3 is 1. The molecule has 0 fully saturated rings. The molecule has 0 aliphatic carbocycles. The van der Waals surface area contributed by atoms with Gasteiger partial charge in [0.2, 0.25) is 0 Å². The quantitative estimate of drug-likeness (QED) is 0.783. The highest BCUT2D eigenvalue weighted by Gasteiger charge is 2.13. The summed E-state index contributed by atoms with van der Waals surface area (Å²) in [6.07, 6.45) is 3.48. The van der Waals surface area contributed by atoms with Gasteiger partial charge in [-0.05, 0) is 30.3 Å². The number of carbonyl (C=O) groups excluding carboxylic acids is 1. The molecule has 0 bridgehead atoms. The SMILES string of the molecule is COc1ccccc1C(=O)NCc1cc(-c2ccncc2)n(C)n1. The van der Waals surface area contributed by atoms with Crippen molar-refractivity contribution >= 4 is 5.91 Å². The molecule has 2 aromatic heterocycles. The molecule has 3 aromatic rings. The summed E-state index contributed by atoms with van der Waals surface area (Å²) in [5, 5.41) is 7.32. The van der Waals surface area contributed by atoms with Crippen molar-refractivity contribution in [2.75, 3.05) is 7.11 Å². The van der Waals surface area contributed by atoms with Crippen LogP contribution in [-0.4, -0.2) is 27.8 Å². The minimum Gasteiger partial charge on any atom is -0.496 e. The summed E-state index contributed by atoms with van der Waals surface area (Å²) in [5.74, 6) is 0.358. The van der Waals surface area contributed by atoms with Crippen molar-refractivity contribution in [1.29, 1.82) is 0 Å². The maximum Gasteiger partial charge on any atom is 0.255 e. The fourth-order valence-electron chi connectivity index (χ4n) is 2.50. The highest BCUT2D eigenvalue weighted by Crippen LogP contribution is 2.19. The molecule has 0 aliphatic rings. The molecule has 122 valence electrons. The van der Waals surface area contributed by atoms with Gasteiger partial charge in [0.1, 0.15) is 5.75 Å². The summed E-state index contributed by atoms with van der Waals surface area (Å²) < 4.78 is 7.00. The van der Waals surface area contributed by atoms with Gasteiger partial charge in [0, 0.05) is 25.0 Å². The number of aromatic nitrogens is 3. The van der Waals surface area contributed by atoms with E-state index in [0.717, 1.165) is 17.0 Å². The van der Waals surface area contributed by atoms with E-state index in [0.29, 0.717) is 17.9 Å². The molecule has 6 nitrogen and oxygen atoms in total. The molecule has 0 radical (unpaired) electrons. The van der Waals surface area contributed by atoms with E-state index in [1.807, 2.05) is 31.3 Å². The lowest BCUT2D eigenvalue weighted by Crippen LogP contribution is -2.23. The van der Waals surface area contributed by atoms with Gasteiger partial charge in [-0.3, -0.25) is 14.5 Å². The molecule has 1 N–H and O–H groups in total. The first-order chi connectivity index (χ1) is 11.7. The third-order valence-electron chi connectivity index (χ3n) is 3.69. The van der Waals surface area contributed by atoms with Crippen LogP contribution < -0.4 is 10.1 Å². The van der Waals surface area contributed by atoms with Crippen molar-refractivity contribution in [1.82, 2.24) is 20.1 Å². The summed E-state index contributed by atoms with van der Waals surface area (Å²) in [6, 6.07) is 12.9. The van der Waals surface area contributed by atoms with Crippen molar-refractivity contribution in [3.05, 3.63) is 66.1 Å². The van der Waals surface area contributed by atoms with Crippen molar-refractivity contribution in [2.24, 2.45) is 7.05 Å². The average molecular weight is 322 g/mol. The minimum atomic E-state index is -0.191. The van der Waals surface area contributed by atoms with Crippen LogP contribution in [0.2, 0.25) is 0 Å². The number of benzene rings is 1. The molecule has 0 unspecified atom stereocenters. The van der Waals surface area contributed by atoms with E-state index in [4.69, 9.17) is 4.74 Å². The highest BCUT2D eigenvalue weighted by molar-refractivity contribution is 5.96. The van der Waals surface area contributed by atoms with E-state index >= 15 is 0 Å². The van der Waals surface area contributed by atoms with Gasteiger partial charge in [0.15, 0.2) is 0 Å². The lowest BCUT2D eigenvalue weighted by Gasteiger charge is -2.07. The minimum absolute atomic E-state index is 0.191. The number of para-hydroxylation sites is 1. The topological polar surface area (TPSA) is 69.0 Å². The Balaban J connectivity index is 1.72. The zero-order valence-corrected chi connectivity index (χ0v) is 13.6. The Bertz CT molecular complexity index is 843. The van der Waals surface area contributed by atoms with Crippen LogP contribution in [0.3, 0.4) is 0 Å². The van der Waals surface area contributed by atoms with Gasteiger partial charge >= 0.3 is 0 Å². The van der Waals surface area contributed by atoms with Crippen LogP contribution in [0.1, 0.15) is 16.1 Å². The molecule has 0 saturated heterocycles. The monoisotopic (exact) mass is 322 g/mol. The van der Waals surface area contributed by atoms with Gasteiger partial charge < -0.3 is 10.1 Å². The van der Waals surface area contributed by atoms with Gasteiger partial charge in [-0.1, -0.05) is 12.1 Å². The van der Waals surface area contributed by atoms with E-state index in [1.165, 1.54) is 0 Å². The third kappa shape index (κ3) is 3.27. The Hall–Kier alpha value is -3.15. The second-order valence-electron chi connectivity index (χ2n) is 5.26. The van der Waals surface area contributed by atoms with E-state index < -0.39 is 0 Å². The predicted molar refractivity (Wildman–Crippen MR) is 90.6 cm³/mol. The van der Waals surface area contributed by atoms with Crippen LogP contribution in [0.25, 0.3) is 11.3 Å². The maximum atomic E-state index is 12.3. The molecule has 0 spiro atoms. The molecule has 3 rings (SSSR count). The average Bonchev–Trinajstić information content (AvgIpc) is 3.01. The normalized spacial score (nSPS) is 10.4.